The van der Waals surface area contributed by atoms with Crippen molar-refractivity contribution in [3.05, 3.63) is 11.9 Å². The van der Waals surface area contributed by atoms with Gasteiger partial charge in [0.2, 0.25) is 0 Å². The molecule has 0 aromatic carbocycles. The average molecular weight is 294 g/mol. The maximum Gasteiger partial charge on any atom is 0.137 e. The van der Waals surface area contributed by atoms with Gasteiger partial charge in [0.1, 0.15) is 18.0 Å². The zero-order valence-corrected chi connectivity index (χ0v) is 13.7. The lowest BCUT2D eigenvalue weighted by Crippen LogP contribution is -2.38. The second-order valence-corrected chi connectivity index (χ2v) is 6.87. The number of nitrogens with zero attached hydrogens (tertiary/aromatic N) is 3. The zero-order chi connectivity index (χ0) is 14.4. The van der Waals surface area contributed by atoms with E-state index in [-0.39, 0.29) is 0 Å². The lowest BCUT2D eigenvalue weighted by Gasteiger charge is -2.33. The van der Waals surface area contributed by atoms with Gasteiger partial charge in [0.15, 0.2) is 0 Å². The van der Waals surface area contributed by atoms with Gasteiger partial charge in [-0.05, 0) is 12.8 Å². The van der Waals surface area contributed by atoms with E-state index >= 15 is 0 Å². The molecule has 1 unspecified atom stereocenters. The maximum atomic E-state index is 4.59. The monoisotopic (exact) mass is 294 g/mol. The molecule has 1 aromatic heterocycles. The summed E-state index contributed by atoms with van der Waals surface area (Å²) in [6.07, 6.45) is 4.99. The molecular weight excluding hydrogens is 268 g/mol. The maximum absolute atomic E-state index is 4.59. The van der Waals surface area contributed by atoms with Gasteiger partial charge in [0, 0.05) is 36.2 Å². The normalized spacial score (nSPS) is 19.1. The predicted octanol–water partition coefficient (Wildman–Crippen LogP) is 3.19. The van der Waals surface area contributed by atoms with E-state index in [1.165, 1.54) is 11.3 Å². The third kappa shape index (κ3) is 3.78. The second-order valence-electron chi connectivity index (χ2n) is 5.33. The molecule has 0 radical (unpaired) electrons. The largest absolute Gasteiger partial charge is 0.370 e. The fourth-order valence-electron chi connectivity index (χ4n) is 2.56. The van der Waals surface area contributed by atoms with Crippen LogP contribution in [-0.2, 0) is 6.42 Å². The molecule has 1 atom stereocenters. The molecule has 1 N–H and O–H groups in total. The Bertz CT molecular complexity index is 424. The molecule has 2 heterocycles. The van der Waals surface area contributed by atoms with E-state index in [0.717, 1.165) is 50.5 Å². The molecule has 0 amide bonds. The summed E-state index contributed by atoms with van der Waals surface area (Å²) in [6.45, 7) is 9.85. The molecular formula is C15H26N4S. The lowest BCUT2D eigenvalue weighted by molar-refractivity contribution is 0.754. The number of thioether (sulfide) groups is 1. The molecule has 0 spiro atoms. The number of hydrogen-bond acceptors (Lipinski definition) is 5. The topological polar surface area (TPSA) is 41.1 Å². The summed E-state index contributed by atoms with van der Waals surface area (Å²) in [5.41, 5.74) is 1.29. The van der Waals surface area contributed by atoms with Gasteiger partial charge in [-0.15, -0.1) is 0 Å². The van der Waals surface area contributed by atoms with Gasteiger partial charge in [-0.1, -0.05) is 27.2 Å². The molecule has 0 bridgehead atoms. The van der Waals surface area contributed by atoms with Gasteiger partial charge >= 0.3 is 0 Å². The Morgan fingerprint density at radius 2 is 2.20 bits per heavy atom. The van der Waals surface area contributed by atoms with Crippen molar-refractivity contribution in [2.24, 2.45) is 0 Å². The third-order valence-corrected chi connectivity index (χ3v) is 4.64. The summed E-state index contributed by atoms with van der Waals surface area (Å²) in [6, 6.07) is 0. The first-order valence-electron chi connectivity index (χ1n) is 7.70. The van der Waals surface area contributed by atoms with Crippen molar-refractivity contribution in [2.45, 2.75) is 45.3 Å². The van der Waals surface area contributed by atoms with Crippen LogP contribution < -0.4 is 10.2 Å². The number of hydrogen-bond donors (Lipinski definition) is 1. The Labute approximate surface area is 126 Å². The number of anilines is 2. The highest BCUT2D eigenvalue weighted by molar-refractivity contribution is 8.00. The van der Waals surface area contributed by atoms with Crippen LogP contribution >= 0.6 is 11.8 Å². The molecule has 1 aliphatic rings. The molecule has 1 fully saturated rings. The summed E-state index contributed by atoms with van der Waals surface area (Å²) < 4.78 is 0. The van der Waals surface area contributed by atoms with Crippen molar-refractivity contribution < 1.29 is 0 Å². The van der Waals surface area contributed by atoms with Gasteiger partial charge < -0.3 is 10.2 Å². The van der Waals surface area contributed by atoms with Crippen LogP contribution in [-0.4, -0.2) is 40.6 Å². The van der Waals surface area contributed by atoms with Crippen molar-refractivity contribution in [1.29, 1.82) is 0 Å². The van der Waals surface area contributed by atoms with Crippen molar-refractivity contribution in [1.82, 2.24) is 9.97 Å². The standard InChI is InChI=1S/C15H26N4S/c1-4-6-13-14(16-7-5-2)17-11-18-15(13)19-8-9-20-12(3)10-19/h11-12H,4-10H2,1-3H3,(H,16,17,18). The first-order valence-corrected chi connectivity index (χ1v) is 8.75. The van der Waals surface area contributed by atoms with E-state index in [1.54, 1.807) is 6.33 Å². The second kappa shape index (κ2) is 7.72. The molecule has 1 saturated heterocycles. The van der Waals surface area contributed by atoms with Crippen LogP contribution in [0.3, 0.4) is 0 Å². The minimum absolute atomic E-state index is 0.681. The summed E-state index contributed by atoms with van der Waals surface area (Å²) in [7, 11) is 0. The van der Waals surface area contributed by atoms with Gasteiger partial charge in [-0.3, -0.25) is 0 Å². The first kappa shape index (κ1) is 15.4. The molecule has 0 saturated carbocycles. The van der Waals surface area contributed by atoms with Crippen LogP contribution in [0.5, 0.6) is 0 Å². The first-order chi connectivity index (χ1) is 9.76. The van der Waals surface area contributed by atoms with E-state index in [2.05, 4.69) is 52.7 Å². The molecule has 4 nitrogen and oxygen atoms in total. The van der Waals surface area contributed by atoms with Crippen molar-refractivity contribution in [2.75, 3.05) is 35.6 Å². The van der Waals surface area contributed by atoms with E-state index in [9.17, 15) is 0 Å². The Balaban J connectivity index is 2.25. The average Bonchev–Trinajstić information content (AvgIpc) is 2.46. The number of nitrogens with one attached hydrogen (secondary N) is 1. The SMILES string of the molecule is CCCNc1ncnc(N2CCSC(C)C2)c1CCC. The van der Waals surface area contributed by atoms with Crippen molar-refractivity contribution in [3.8, 4) is 0 Å². The summed E-state index contributed by atoms with van der Waals surface area (Å²) >= 11 is 2.05. The lowest BCUT2D eigenvalue weighted by atomic mass is 10.1. The number of rotatable bonds is 6. The fraction of sp³-hybridized carbons (Fsp3) is 0.733. The molecule has 20 heavy (non-hydrogen) atoms. The van der Waals surface area contributed by atoms with Crippen LogP contribution in [0.2, 0.25) is 0 Å². The Kier molecular flexibility index (Phi) is 5.95. The molecule has 2 rings (SSSR count). The molecule has 0 aliphatic carbocycles. The molecule has 1 aromatic rings. The van der Waals surface area contributed by atoms with Crippen LogP contribution in [0.4, 0.5) is 11.6 Å². The van der Waals surface area contributed by atoms with Crippen LogP contribution in [0.25, 0.3) is 0 Å². The molecule has 1 aliphatic heterocycles. The Hall–Kier alpha value is -0.970. The highest BCUT2D eigenvalue weighted by Gasteiger charge is 2.22. The minimum atomic E-state index is 0.681. The summed E-state index contributed by atoms with van der Waals surface area (Å²) in [5.74, 6) is 3.37. The highest BCUT2D eigenvalue weighted by atomic mass is 32.2. The fourth-order valence-corrected chi connectivity index (χ4v) is 3.58. The summed E-state index contributed by atoms with van der Waals surface area (Å²) in [5, 5.41) is 4.14. The molecule has 112 valence electrons. The van der Waals surface area contributed by atoms with Crippen molar-refractivity contribution in [3.63, 3.8) is 0 Å². The van der Waals surface area contributed by atoms with Crippen LogP contribution in [0.15, 0.2) is 6.33 Å². The van der Waals surface area contributed by atoms with E-state index in [1.807, 2.05) is 0 Å². The highest BCUT2D eigenvalue weighted by Crippen LogP contribution is 2.29. The van der Waals surface area contributed by atoms with Gasteiger partial charge in [0.25, 0.3) is 0 Å². The van der Waals surface area contributed by atoms with E-state index in [4.69, 9.17) is 0 Å². The number of aromatic nitrogens is 2. The van der Waals surface area contributed by atoms with Crippen LogP contribution in [0, 0.1) is 0 Å². The quantitative estimate of drug-likeness (QED) is 0.872. The minimum Gasteiger partial charge on any atom is -0.370 e. The third-order valence-electron chi connectivity index (χ3n) is 3.51. The zero-order valence-electron chi connectivity index (χ0n) is 12.9. The Morgan fingerprint density at radius 1 is 1.35 bits per heavy atom. The van der Waals surface area contributed by atoms with Gasteiger partial charge in [0.05, 0.1) is 0 Å². The predicted molar refractivity (Wildman–Crippen MR) is 88.9 cm³/mol. The molecule has 5 heteroatoms. The van der Waals surface area contributed by atoms with Crippen LogP contribution in [0.1, 0.15) is 39.2 Å². The van der Waals surface area contributed by atoms with E-state index in [0.29, 0.717) is 5.25 Å². The van der Waals surface area contributed by atoms with E-state index < -0.39 is 0 Å². The summed E-state index contributed by atoms with van der Waals surface area (Å²) in [4.78, 5) is 11.5. The van der Waals surface area contributed by atoms with Gasteiger partial charge in [-0.2, -0.15) is 11.8 Å². The van der Waals surface area contributed by atoms with Gasteiger partial charge in [-0.25, -0.2) is 9.97 Å². The smallest absolute Gasteiger partial charge is 0.137 e. The van der Waals surface area contributed by atoms with Crippen molar-refractivity contribution >= 4 is 23.4 Å². The Morgan fingerprint density at radius 3 is 2.90 bits per heavy atom.